The molecule has 0 spiro atoms. The van der Waals surface area contributed by atoms with Crippen molar-refractivity contribution < 1.29 is 9.53 Å². The van der Waals surface area contributed by atoms with E-state index in [1.165, 1.54) is 11.3 Å². The Labute approximate surface area is 153 Å². The van der Waals surface area contributed by atoms with Gasteiger partial charge in [0.2, 0.25) is 0 Å². The van der Waals surface area contributed by atoms with Crippen LogP contribution in [0.1, 0.15) is 39.8 Å². The van der Waals surface area contributed by atoms with Crippen molar-refractivity contribution in [3.8, 4) is 5.75 Å². The minimum atomic E-state index is 0.0472. The molecular formula is C20H24N4O2. The number of hydrogen-bond donors (Lipinski definition) is 0. The van der Waals surface area contributed by atoms with Crippen molar-refractivity contribution in [2.45, 2.75) is 25.3 Å². The van der Waals surface area contributed by atoms with E-state index in [2.05, 4.69) is 16.9 Å². The van der Waals surface area contributed by atoms with Gasteiger partial charge in [-0.25, -0.2) is 9.97 Å². The van der Waals surface area contributed by atoms with Crippen LogP contribution in [0.4, 0.5) is 0 Å². The number of fused-ring (bicyclic) bond motifs is 1. The normalized spacial score (nSPS) is 20.1. The van der Waals surface area contributed by atoms with Crippen LogP contribution >= 0.6 is 0 Å². The topological polar surface area (TPSA) is 58.6 Å². The summed E-state index contributed by atoms with van der Waals surface area (Å²) in [7, 11) is 3.73. The molecule has 1 aromatic carbocycles. The minimum absolute atomic E-state index is 0.0472. The van der Waals surface area contributed by atoms with E-state index in [1.54, 1.807) is 13.2 Å². The van der Waals surface area contributed by atoms with Crippen LogP contribution in [-0.4, -0.2) is 59.5 Å². The predicted molar refractivity (Wildman–Crippen MR) is 98.3 cm³/mol. The number of likely N-dealkylation sites (tertiary alicyclic amines) is 1. The second kappa shape index (κ2) is 7.03. The number of carbonyl (C=O) groups is 1. The molecule has 0 aliphatic carbocycles. The van der Waals surface area contributed by atoms with E-state index in [-0.39, 0.29) is 11.8 Å². The molecule has 0 saturated carbocycles. The summed E-state index contributed by atoms with van der Waals surface area (Å²) >= 11 is 0. The molecule has 1 atom stereocenters. The number of rotatable bonds is 3. The number of ether oxygens (including phenoxy) is 1. The van der Waals surface area contributed by atoms with Gasteiger partial charge in [-0.1, -0.05) is 6.07 Å². The molecule has 1 amide bonds. The van der Waals surface area contributed by atoms with Crippen molar-refractivity contribution in [1.82, 2.24) is 19.8 Å². The van der Waals surface area contributed by atoms with E-state index >= 15 is 0 Å². The van der Waals surface area contributed by atoms with Gasteiger partial charge in [-0.2, -0.15) is 0 Å². The van der Waals surface area contributed by atoms with E-state index in [0.29, 0.717) is 17.9 Å². The lowest BCUT2D eigenvalue weighted by atomic mass is 10.1. The predicted octanol–water partition coefficient (Wildman–Crippen LogP) is 2.10. The van der Waals surface area contributed by atoms with E-state index in [4.69, 9.17) is 9.72 Å². The smallest absolute Gasteiger partial charge is 0.254 e. The maximum Gasteiger partial charge on any atom is 0.254 e. The number of benzene rings is 1. The summed E-state index contributed by atoms with van der Waals surface area (Å²) in [5.74, 6) is 1.85. The van der Waals surface area contributed by atoms with Crippen molar-refractivity contribution in [3.05, 3.63) is 53.1 Å². The first-order valence-electron chi connectivity index (χ1n) is 9.10. The molecule has 0 bridgehead atoms. The highest BCUT2D eigenvalue weighted by Gasteiger charge is 2.30. The van der Waals surface area contributed by atoms with Crippen molar-refractivity contribution >= 4 is 5.91 Å². The molecule has 6 nitrogen and oxygen atoms in total. The highest BCUT2D eigenvalue weighted by atomic mass is 16.5. The SMILES string of the molecule is COc1cccc(C(=O)N2CCC(c3ncc4c(n3)CCN(C)C4)C2)c1. The molecule has 26 heavy (non-hydrogen) atoms. The zero-order chi connectivity index (χ0) is 18.1. The summed E-state index contributed by atoms with van der Waals surface area (Å²) in [6, 6.07) is 7.33. The largest absolute Gasteiger partial charge is 0.497 e. The van der Waals surface area contributed by atoms with Gasteiger partial charge in [-0.05, 0) is 31.7 Å². The third-order valence-corrected chi connectivity index (χ3v) is 5.30. The van der Waals surface area contributed by atoms with Crippen LogP contribution in [0.2, 0.25) is 0 Å². The molecule has 136 valence electrons. The molecule has 6 heteroatoms. The fraction of sp³-hybridized carbons (Fsp3) is 0.450. The zero-order valence-electron chi connectivity index (χ0n) is 15.3. The molecule has 3 heterocycles. The van der Waals surface area contributed by atoms with Gasteiger partial charge in [0.15, 0.2) is 0 Å². The summed E-state index contributed by atoms with van der Waals surface area (Å²) < 4.78 is 5.22. The van der Waals surface area contributed by atoms with E-state index in [0.717, 1.165) is 38.3 Å². The summed E-state index contributed by atoms with van der Waals surface area (Å²) in [6.07, 6.45) is 3.86. The summed E-state index contributed by atoms with van der Waals surface area (Å²) in [5.41, 5.74) is 3.06. The standard InChI is InChI=1S/C20H24N4O2/c1-23-8-7-18-16(12-23)11-21-19(22-18)15-6-9-24(13-15)20(25)14-4-3-5-17(10-14)26-2/h3-5,10-11,15H,6-9,12-13H2,1-2H3. The first-order valence-corrected chi connectivity index (χ1v) is 9.10. The Balaban J connectivity index is 1.47. The molecular weight excluding hydrogens is 328 g/mol. The Hall–Kier alpha value is -2.47. The number of amides is 1. The summed E-state index contributed by atoms with van der Waals surface area (Å²) in [5, 5.41) is 0. The van der Waals surface area contributed by atoms with Crippen LogP contribution < -0.4 is 4.74 Å². The maximum absolute atomic E-state index is 12.8. The highest BCUT2D eigenvalue weighted by Crippen LogP contribution is 2.28. The fourth-order valence-electron chi connectivity index (χ4n) is 3.76. The van der Waals surface area contributed by atoms with Crippen molar-refractivity contribution in [1.29, 1.82) is 0 Å². The van der Waals surface area contributed by atoms with Gasteiger partial charge in [0.25, 0.3) is 5.91 Å². The van der Waals surface area contributed by atoms with Crippen molar-refractivity contribution in [2.75, 3.05) is 33.8 Å². The third kappa shape index (κ3) is 3.29. The molecule has 4 rings (SSSR count). The lowest BCUT2D eigenvalue weighted by Crippen LogP contribution is -2.29. The van der Waals surface area contributed by atoms with Crippen molar-refractivity contribution in [3.63, 3.8) is 0 Å². The molecule has 2 aliphatic heterocycles. The van der Waals surface area contributed by atoms with Crippen LogP contribution in [0, 0.1) is 0 Å². The Morgan fingerprint density at radius 1 is 1.31 bits per heavy atom. The van der Waals surface area contributed by atoms with Gasteiger partial charge in [0.05, 0.1) is 7.11 Å². The van der Waals surface area contributed by atoms with Gasteiger partial charge in [-0.3, -0.25) is 4.79 Å². The Morgan fingerprint density at radius 3 is 3.04 bits per heavy atom. The zero-order valence-corrected chi connectivity index (χ0v) is 15.3. The summed E-state index contributed by atoms with van der Waals surface area (Å²) in [6.45, 7) is 3.37. The average molecular weight is 352 g/mol. The number of carbonyl (C=O) groups excluding carboxylic acids is 1. The molecule has 1 saturated heterocycles. The minimum Gasteiger partial charge on any atom is -0.497 e. The molecule has 2 aliphatic rings. The van der Waals surface area contributed by atoms with E-state index in [9.17, 15) is 4.79 Å². The number of hydrogen-bond acceptors (Lipinski definition) is 5. The van der Waals surface area contributed by atoms with Gasteiger partial charge in [0, 0.05) is 61.5 Å². The highest BCUT2D eigenvalue weighted by molar-refractivity contribution is 5.94. The van der Waals surface area contributed by atoms with Crippen LogP contribution in [-0.2, 0) is 13.0 Å². The number of aromatic nitrogens is 2. The molecule has 0 N–H and O–H groups in total. The van der Waals surface area contributed by atoms with Crippen molar-refractivity contribution in [2.24, 2.45) is 0 Å². The lowest BCUT2D eigenvalue weighted by molar-refractivity contribution is 0.0790. The van der Waals surface area contributed by atoms with Gasteiger partial charge in [0.1, 0.15) is 11.6 Å². The average Bonchev–Trinajstić information content (AvgIpc) is 3.17. The molecule has 1 aromatic heterocycles. The number of nitrogens with zero attached hydrogens (tertiary/aromatic N) is 4. The van der Waals surface area contributed by atoms with Gasteiger partial charge in [-0.15, -0.1) is 0 Å². The quantitative estimate of drug-likeness (QED) is 0.847. The first-order chi connectivity index (χ1) is 12.6. The lowest BCUT2D eigenvalue weighted by Gasteiger charge is -2.24. The Bertz CT molecular complexity index is 823. The van der Waals surface area contributed by atoms with E-state index < -0.39 is 0 Å². The molecule has 2 aromatic rings. The monoisotopic (exact) mass is 352 g/mol. The van der Waals surface area contributed by atoms with Crippen LogP contribution in [0.25, 0.3) is 0 Å². The first kappa shape index (κ1) is 17.0. The van der Waals surface area contributed by atoms with Crippen LogP contribution in [0.3, 0.4) is 0 Å². The summed E-state index contributed by atoms with van der Waals surface area (Å²) in [4.78, 5) is 26.4. The molecule has 0 radical (unpaired) electrons. The maximum atomic E-state index is 12.8. The number of likely N-dealkylation sites (N-methyl/N-ethyl adjacent to an activating group) is 1. The number of methoxy groups -OCH3 is 1. The third-order valence-electron chi connectivity index (χ3n) is 5.30. The van der Waals surface area contributed by atoms with Crippen LogP contribution in [0.5, 0.6) is 5.75 Å². The second-order valence-corrected chi connectivity index (χ2v) is 7.16. The molecule has 1 fully saturated rings. The molecule has 1 unspecified atom stereocenters. The van der Waals surface area contributed by atoms with Crippen LogP contribution in [0.15, 0.2) is 30.5 Å². The van der Waals surface area contributed by atoms with Gasteiger partial charge >= 0.3 is 0 Å². The fourth-order valence-corrected chi connectivity index (χ4v) is 3.76. The second-order valence-electron chi connectivity index (χ2n) is 7.16. The van der Waals surface area contributed by atoms with Gasteiger partial charge < -0.3 is 14.5 Å². The van der Waals surface area contributed by atoms with E-state index in [1.807, 2.05) is 29.3 Å². The Morgan fingerprint density at radius 2 is 2.19 bits per heavy atom. The Kier molecular flexibility index (Phi) is 4.59.